The molecule has 0 bridgehead atoms. The summed E-state index contributed by atoms with van der Waals surface area (Å²) in [5, 5.41) is 0. The smallest absolute Gasteiger partial charge is 0.188 e. The number of hydrogen-bond acceptors (Lipinski definition) is 2. The highest BCUT2D eigenvalue weighted by atomic mass is 16.3. The molecule has 0 atom stereocenters. The van der Waals surface area contributed by atoms with Crippen LogP contribution in [0.4, 0.5) is 0 Å². The van der Waals surface area contributed by atoms with Crippen molar-refractivity contribution in [3.8, 4) is 11.3 Å². The predicted molar refractivity (Wildman–Crippen MR) is 62.4 cm³/mol. The topological polar surface area (TPSA) is 30.2 Å². The van der Waals surface area contributed by atoms with E-state index in [1.54, 1.807) is 6.07 Å². The van der Waals surface area contributed by atoms with E-state index in [0.29, 0.717) is 5.76 Å². The molecular formula is C14H12O2. The number of benzene rings is 1. The molecule has 0 spiro atoms. The monoisotopic (exact) mass is 212 g/mol. The summed E-state index contributed by atoms with van der Waals surface area (Å²) in [5.41, 5.74) is 1.96. The Bertz CT molecular complexity index is 567. The standard InChI is InChI=1S/C14H12O2/c15-12-9-14(10-5-2-1-3-6-10)16-13-8-4-7-11(12)13/h1-3,5-6,9H,4,7-8H2. The quantitative estimate of drug-likeness (QED) is 0.727. The first-order valence-electron chi connectivity index (χ1n) is 5.56. The Balaban J connectivity index is 2.17. The molecule has 0 saturated heterocycles. The van der Waals surface area contributed by atoms with Gasteiger partial charge in [-0.3, -0.25) is 4.79 Å². The summed E-state index contributed by atoms with van der Waals surface area (Å²) in [4.78, 5) is 11.8. The molecule has 1 aromatic heterocycles. The van der Waals surface area contributed by atoms with Crippen molar-refractivity contribution in [2.45, 2.75) is 19.3 Å². The summed E-state index contributed by atoms with van der Waals surface area (Å²) < 4.78 is 5.79. The second kappa shape index (κ2) is 3.63. The summed E-state index contributed by atoms with van der Waals surface area (Å²) in [6, 6.07) is 11.4. The van der Waals surface area contributed by atoms with Crippen LogP contribution in [0.25, 0.3) is 11.3 Å². The van der Waals surface area contributed by atoms with Gasteiger partial charge in [0.15, 0.2) is 5.43 Å². The number of aryl methyl sites for hydroxylation is 1. The van der Waals surface area contributed by atoms with Crippen molar-refractivity contribution in [1.82, 2.24) is 0 Å². The van der Waals surface area contributed by atoms with Crippen LogP contribution in [0.15, 0.2) is 45.6 Å². The van der Waals surface area contributed by atoms with Crippen molar-refractivity contribution in [2.75, 3.05) is 0 Å². The minimum Gasteiger partial charge on any atom is -0.461 e. The fourth-order valence-electron chi connectivity index (χ4n) is 2.20. The van der Waals surface area contributed by atoms with E-state index in [4.69, 9.17) is 4.42 Å². The summed E-state index contributed by atoms with van der Waals surface area (Å²) in [5.74, 6) is 1.57. The molecule has 0 fully saturated rings. The van der Waals surface area contributed by atoms with E-state index in [1.165, 1.54) is 0 Å². The van der Waals surface area contributed by atoms with Gasteiger partial charge in [-0.25, -0.2) is 0 Å². The van der Waals surface area contributed by atoms with Crippen LogP contribution >= 0.6 is 0 Å². The van der Waals surface area contributed by atoms with Crippen LogP contribution in [0, 0.1) is 0 Å². The third kappa shape index (κ3) is 1.47. The molecule has 2 heteroatoms. The Morgan fingerprint density at radius 3 is 2.69 bits per heavy atom. The van der Waals surface area contributed by atoms with Crippen LogP contribution in [0.2, 0.25) is 0 Å². The fourth-order valence-corrected chi connectivity index (χ4v) is 2.20. The molecule has 1 heterocycles. The van der Waals surface area contributed by atoms with Crippen LogP contribution in [-0.2, 0) is 12.8 Å². The van der Waals surface area contributed by atoms with E-state index < -0.39 is 0 Å². The second-order valence-corrected chi connectivity index (χ2v) is 4.10. The Morgan fingerprint density at radius 2 is 1.88 bits per heavy atom. The molecular weight excluding hydrogens is 200 g/mol. The Kier molecular flexibility index (Phi) is 2.13. The lowest BCUT2D eigenvalue weighted by Gasteiger charge is -2.03. The van der Waals surface area contributed by atoms with Crippen LogP contribution in [0.3, 0.4) is 0 Å². The highest BCUT2D eigenvalue weighted by molar-refractivity contribution is 5.57. The van der Waals surface area contributed by atoms with Gasteiger partial charge < -0.3 is 4.42 Å². The van der Waals surface area contributed by atoms with Gasteiger partial charge >= 0.3 is 0 Å². The summed E-state index contributed by atoms with van der Waals surface area (Å²) in [6.45, 7) is 0. The molecule has 0 aliphatic heterocycles. The molecule has 2 nitrogen and oxygen atoms in total. The molecule has 3 rings (SSSR count). The molecule has 16 heavy (non-hydrogen) atoms. The van der Waals surface area contributed by atoms with Crippen LogP contribution in [-0.4, -0.2) is 0 Å². The SMILES string of the molecule is O=c1cc(-c2ccccc2)oc2c1CCC2. The Hall–Kier alpha value is -1.83. The van der Waals surface area contributed by atoms with Gasteiger partial charge in [-0.2, -0.15) is 0 Å². The first-order valence-corrected chi connectivity index (χ1v) is 5.56. The van der Waals surface area contributed by atoms with Gasteiger partial charge in [-0.15, -0.1) is 0 Å². The lowest BCUT2D eigenvalue weighted by atomic mass is 10.1. The molecule has 2 aromatic rings. The minimum atomic E-state index is 0.123. The van der Waals surface area contributed by atoms with Gasteiger partial charge in [-0.1, -0.05) is 30.3 Å². The average molecular weight is 212 g/mol. The molecule has 0 N–H and O–H groups in total. The maximum absolute atomic E-state index is 11.8. The normalized spacial score (nSPS) is 13.8. The molecule has 0 unspecified atom stereocenters. The zero-order valence-corrected chi connectivity index (χ0v) is 8.90. The minimum absolute atomic E-state index is 0.123. The lowest BCUT2D eigenvalue weighted by molar-refractivity contribution is 0.513. The Labute approximate surface area is 93.5 Å². The molecule has 80 valence electrons. The van der Waals surface area contributed by atoms with Crippen molar-refractivity contribution >= 4 is 0 Å². The average Bonchev–Trinajstić information content (AvgIpc) is 2.79. The Morgan fingerprint density at radius 1 is 1.06 bits per heavy atom. The highest BCUT2D eigenvalue weighted by Crippen LogP contribution is 2.24. The van der Waals surface area contributed by atoms with E-state index in [-0.39, 0.29) is 5.43 Å². The van der Waals surface area contributed by atoms with E-state index >= 15 is 0 Å². The van der Waals surface area contributed by atoms with E-state index in [1.807, 2.05) is 30.3 Å². The van der Waals surface area contributed by atoms with Crippen molar-refractivity contribution in [3.05, 3.63) is 57.9 Å². The lowest BCUT2D eigenvalue weighted by Crippen LogP contribution is -2.06. The third-order valence-corrected chi connectivity index (χ3v) is 3.02. The van der Waals surface area contributed by atoms with Crippen molar-refractivity contribution < 1.29 is 4.42 Å². The maximum atomic E-state index is 11.8. The maximum Gasteiger partial charge on any atom is 0.188 e. The van der Waals surface area contributed by atoms with Crippen molar-refractivity contribution in [2.24, 2.45) is 0 Å². The predicted octanol–water partition coefficient (Wildman–Crippen LogP) is 2.80. The van der Waals surface area contributed by atoms with E-state index in [9.17, 15) is 4.79 Å². The van der Waals surface area contributed by atoms with Crippen molar-refractivity contribution in [3.63, 3.8) is 0 Å². The zero-order chi connectivity index (χ0) is 11.0. The van der Waals surface area contributed by atoms with Gasteiger partial charge in [0, 0.05) is 23.6 Å². The number of fused-ring (bicyclic) bond motifs is 1. The molecule has 0 radical (unpaired) electrons. The van der Waals surface area contributed by atoms with Crippen LogP contribution in [0.5, 0.6) is 0 Å². The van der Waals surface area contributed by atoms with Crippen LogP contribution in [0.1, 0.15) is 17.7 Å². The van der Waals surface area contributed by atoms with Gasteiger partial charge in [0.25, 0.3) is 0 Å². The summed E-state index contributed by atoms with van der Waals surface area (Å²) >= 11 is 0. The largest absolute Gasteiger partial charge is 0.461 e. The zero-order valence-electron chi connectivity index (χ0n) is 8.90. The summed E-state index contributed by atoms with van der Waals surface area (Å²) in [6.07, 6.45) is 2.80. The fraction of sp³-hybridized carbons (Fsp3) is 0.214. The van der Waals surface area contributed by atoms with Crippen LogP contribution < -0.4 is 5.43 Å². The third-order valence-electron chi connectivity index (χ3n) is 3.02. The van der Waals surface area contributed by atoms with Gasteiger partial charge in [-0.05, 0) is 12.8 Å². The molecule has 0 saturated carbocycles. The second-order valence-electron chi connectivity index (χ2n) is 4.10. The van der Waals surface area contributed by atoms with Gasteiger partial charge in [0.05, 0.1) is 0 Å². The highest BCUT2D eigenvalue weighted by Gasteiger charge is 2.18. The molecule has 1 aliphatic carbocycles. The molecule has 0 amide bonds. The first-order chi connectivity index (χ1) is 7.84. The van der Waals surface area contributed by atoms with Gasteiger partial charge in [0.1, 0.15) is 11.5 Å². The summed E-state index contributed by atoms with van der Waals surface area (Å²) in [7, 11) is 0. The van der Waals surface area contributed by atoms with Crippen molar-refractivity contribution in [1.29, 1.82) is 0 Å². The van der Waals surface area contributed by atoms with Gasteiger partial charge in [0.2, 0.25) is 0 Å². The first kappa shape index (κ1) is 9.40. The molecule has 1 aromatic carbocycles. The molecule has 1 aliphatic rings. The number of hydrogen-bond donors (Lipinski definition) is 0. The number of rotatable bonds is 1. The van der Waals surface area contributed by atoms with E-state index in [2.05, 4.69) is 0 Å². The van der Waals surface area contributed by atoms with E-state index in [0.717, 1.165) is 36.1 Å².